The van der Waals surface area contributed by atoms with Gasteiger partial charge in [0.2, 0.25) is 5.65 Å². The summed E-state index contributed by atoms with van der Waals surface area (Å²) in [5.74, 6) is 0. The van der Waals surface area contributed by atoms with Crippen LogP contribution in [0.1, 0.15) is 0 Å². The van der Waals surface area contributed by atoms with Crippen LogP contribution in [0.5, 0.6) is 0 Å². The second kappa shape index (κ2) is 4.46. The van der Waals surface area contributed by atoms with Crippen molar-refractivity contribution in [1.82, 2.24) is 25.0 Å². The van der Waals surface area contributed by atoms with E-state index in [0.717, 1.165) is 0 Å². The quantitative estimate of drug-likeness (QED) is 0.404. The molecule has 0 amide bonds. The summed E-state index contributed by atoms with van der Waals surface area (Å²) in [7, 11) is 5.59. The molecule has 0 saturated heterocycles. The molecule has 0 N–H and O–H groups in total. The van der Waals surface area contributed by atoms with E-state index in [0.29, 0.717) is 11.2 Å². The van der Waals surface area contributed by atoms with Crippen molar-refractivity contribution in [3.05, 3.63) is 18.3 Å². The number of hydrogen-bond acceptors (Lipinski definition) is 5. The van der Waals surface area contributed by atoms with Crippen LogP contribution in [0.15, 0.2) is 18.3 Å². The fourth-order valence-corrected chi connectivity index (χ4v) is 1.47. The zero-order valence-corrected chi connectivity index (χ0v) is 10.1. The Bertz CT molecular complexity index is 534. The average molecular weight is 235 g/mol. The minimum absolute atomic E-state index is 0.345. The van der Waals surface area contributed by atoms with E-state index in [9.17, 15) is 0 Å². The van der Waals surface area contributed by atoms with Gasteiger partial charge in [0.05, 0.1) is 0 Å². The van der Waals surface area contributed by atoms with Crippen molar-refractivity contribution in [3.63, 3.8) is 0 Å². The van der Waals surface area contributed by atoms with Crippen LogP contribution >= 0.6 is 0 Å². The largest absolute Gasteiger partial charge is 0.383 e. The maximum Gasteiger partial charge on any atom is 0.383 e. The van der Waals surface area contributed by atoms with Gasteiger partial charge in [-0.3, -0.25) is 0 Å². The Morgan fingerprint density at radius 2 is 2.29 bits per heavy atom. The molecule has 2 aromatic heterocycles. The third-order valence-electron chi connectivity index (χ3n) is 2.19. The van der Waals surface area contributed by atoms with E-state index in [-0.39, 0.29) is 6.35 Å². The molecule has 1 unspecified atom stereocenters. The summed E-state index contributed by atoms with van der Waals surface area (Å²) < 4.78 is 1.68. The number of pyridine rings is 1. The number of aromatic nitrogens is 4. The van der Waals surface area contributed by atoms with Gasteiger partial charge in [0, 0.05) is 6.20 Å². The first kappa shape index (κ1) is 11.5. The molecule has 7 nitrogen and oxygen atoms in total. The lowest BCUT2D eigenvalue weighted by Gasteiger charge is -2.18. The molecule has 0 aliphatic rings. The molecule has 2 heterocycles. The van der Waals surface area contributed by atoms with E-state index in [1.165, 1.54) is 4.85 Å². The van der Waals surface area contributed by atoms with Crippen LogP contribution in [0, 0.1) is 0 Å². The maximum absolute atomic E-state index is 5.66. The molecule has 0 aromatic carbocycles. The van der Waals surface area contributed by atoms with Crippen molar-refractivity contribution in [3.8, 4) is 0 Å². The van der Waals surface area contributed by atoms with Gasteiger partial charge in [-0.25, -0.2) is 9.88 Å². The number of hydrogen-bond donors (Lipinski definition) is 0. The molecule has 2 aromatic rings. The molecule has 0 fully saturated rings. The predicted molar refractivity (Wildman–Crippen MR) is 62.7 cm³/mol. The minimum atomic E-state index is -0.345. The van der Waals surface area contributed by atoms with E-state index >= 15 is 0 Å². The lowest BCUT2D eigenvalue weighted by Crippen LogP contribution is -2.45. The van der Waals surface area contributed by atoms with Gasteiger partial charge in [-0.1, -0.05) is 4.85 Å². The maximum atomic E-state index is 5.66. The fourth-order valence-electron chi connectivity index (χ4n) is 1.47. The first-order valence-electron chi connectivity index (χ1n) is 5.13. The van der Waals surface area contributed by atoms with E-state index in [2.05, 4.69) is 22.0 Å². The average Bonchev–Trinajstić information content (AvgIpc) is 2.68. The molecular formula is C10H15N6O+. The monoisotopic (exact) mass is 235 g/mol. The molecule has 0 radical (unpaired) electrons. The lowest BCUT2D eigenvalue weighted by atomic mass is 10.4. The van der Waals surface area contributed by atoms with Gasteiger partial charge >= 0.3 is 6.35 Å². The van der Waals surface area contributed by atoms with Crippen molar-refractivity contribution in [2.24, 2.45) is 0 Å². The number of fused-ring (bicyclic) bond motifs is 1. The molecule has 90 valence electrons. The van der Waals surface area contributed by atoms with E-state index in [1.807, 2.05) is 32.1 Å². The second-order valence-electron chi connectivity index (χ2n) is 3.96. The molecule has 1 atom stereocenters. The van der Waals surface area contributed by atoms with Crippen molar-refractivity contribution in [2.45, 2.75) is 6.35 Å². The summed E-state index contributed by atoms with van der Waals surface area (Å²) in [6, 6.07) is 3.63. The predicted octanol–water partition coefficient (Wildman–Crippen LogP) is -0.557. The minimum Gasteiger partial charge on any atom is -0.310 e. The SMILES string of the molecule is C=[N+](C)C(On1nnc2cccnc21)N(C)C. The summed E-state index contributed by atoms with van der Waals surface area (Å²) in [6.45, 7) is 3.81. The Morgan fingerprint density at radius 1 is 1.53 bits per heavy atom. The van der Waals surface area contributed by atoms with Crippen molar-refractivity contribution in [2.75, 3.05) is 21.1 Å². The van der Waals surface area contributed by atoms with Crippen molar-refractivity contribution < 1.29 is 9.41 Å². The summed E-state index contributed by atoms with van der Waals surface area (Å²) in [5, 5.41) is 7.86. The van der Waals surface area contributed by atoms with Crippen LogP contribution in [-0.4, -0.2) is 63.8 Å². The Kier molecular flexibility index (Phi) is 3.01. The summed E-state index contributed by atoms with van der Waals surface area (Å²) >= 11 is 0. The van der Waals surface area contributed by atoms with Crippen molar-refractivity contribution in [1.29, 1.82) is 0 Å². The van der Waals surface area contributed by atoms with Crippen LogP contribution in [0.2, 0.25) is 0 Å². The number of nitrogens with zero attached hydrogens (tertiary/aromatic N) is 6. The van der Waals surface area contributed by atoms with Gasteiger partial charge < -0.3 is 4.84 Å². The molecule has 7 heteroatoms. The van der Waals surface area contributed by atoms with E-state index < -0.39 is 0 Å². The van der Waals surface area contributed by atoms with Crippen LogP contribution in [0.4, 0.5) is 0 Å². The zero-order valence-electron chi connectivity index (χ0n) is 10.1. The zero-order chi connectivity index (χ0) is 12.4. The van der Waals surface area contributed by atoms with Gasteiger partial charge in [-0.15, -0.1) is 5.10 Å². The van der Waals surface area contributed by atoms with Gasteiger partial charge in [-0.2, -0.15) is 4.58 Å². The van der Waals surface area contributed by atoms with Gasteiger partial charge in [0.1, 0.15) is 19.3 Å². The van der Waals surface area contributed by atoms with Gasteiger partial charge in [0.25, 0.3) is 0 Å². The lowest BCUT2D eigenvalue weighted by molar-refractivity contribution is -0.608. The second-order valence-corrected chi connectivity index (χ2v) is 3.96. The highest BCUT2D eigenvalue weighted by atomic mass is 16.7. The molecule has 0 saturated carbocycles. The first-order valence-corrected chi connectivity index (χ1v) is 5.13. The smallest absolute Gasteiger partial charge is 0.310 e. The summed E-state index contributed by atoms with van der Waals surface area (Å²) in [5.41, 5.74) is 1.28. The van der Waals surface area contributed by atoms with Crippen molar-refractivity contribution >= 4 is 17.9 Å². The van der Waals surface area contributed by atoms with E-state index in [1.54, 1.807) is 16.8 Å². The van der Waals surface area contributed by atoms with Crippen LogP contribution in [-0.2, 0) is 0 Å². The van der Waals surface area contributed by atoms with Crippen LogP contribution < -0.4 is 4.84 Å². The first-order chi connectivity index (χ1) is 8.09. The highest BCUT2D eigenvalue weighted by molar-refractivity contribution is 5.68. The normalized spacial score (nSPS) is 12.9. The van der Waals surface area contributed by atoms with Gasteiger partial charge in [-0.05, 0) is 31.4 Å². The molecule has 2 rings (SSSR count). The molecule has 0 aliphatic heterocycles. The standard InChI is InChI=1S/C10H15N6O/c1-14(2)10(15(3)4)17-16-9-8(12-13-16)6-5-7-11-9/h5-7,10H,1H2,2-4H3/q+1. The van der Waals surface area contributed by atoms with E-state index in [4.69, 9.17) is 4.84 Å². The molecule has 0 bridgehead atoms. The molecule has 0 aliphatic carbocycles. The summed E-state index contributed by atoms with van der Waals surface area (Å²) in [6.07, 6.45) is 1.33. The molecular weight excluding hydrogens is 220 g/mol. The Hall–Kier alpha value is -2.02. The summed E-state index contributed by atoms with van der Waals surface area (Å²) in [4.78, 5) is 13.0. The molecule has 17 heavy (non-hydrogen) atoms. The fraction of sp³-hybridized carbons (Fsp3) is 0.400. The highest BCUT2D eigenvalue weighted by Crippen LogP contribution is 2.05. The molecule has 0 spiro atoms. The number of rotatable bonds is 4. The van der Waals surface area contributed by atoms with Crippen LogP contribution in [0.3, 0.4) is 0 Å². The Labute approximate surface area is 98.9 Å². The third-order valence-corrected chi connectivity index (χ3v) is 2.19. The van der Waals surface area contributed by atoms with Crippen LogP contribution in [0.25, 0.3) is 11.2 Å². The highest BCUT2D eigenvalue weighted by Gasteiger charge is 2.22. The van der Waals surface area contributed by atoms with Gasteiger partial charge in [0.15, 0.2) is 0 Å². The third kappa shape index (κ3) is 2.23. The topological polar surface area (TPSA) is 59.1 Å². The Morgan fingerprint density at radius 3 is 2.94 bits per heavy atom. The Balaban J connectivity index is 2.31.